The van der Waals surface area contributed by atoms with Crippen molar-refractivity contribution in [2.75, 3.05) is 83.4 Å². The summed E-state index contributed by atoms with van der Waals surface area (Å²) in [5.41, 5.74) is 29.2. The predicted octanol–water partition coefficient (Wildman–Crippen LogP) is 10.9. The maximum atomic E-state index is 7.44. The standard InChI is InChI=1S/C46H60N6/c1-9-49(10-2)37-25-17-33(18-26-37)41-42(34-19-27-38(28-20-34)50(11-3)12-4)45(47)44(36-23-31-40(32-24-36)52(15-7)16-8)46(48)43(41)35-21-29-39(30-22-35)51(13-5)14-6/h17-32H,9-16,47-48H2,1-8H3. The first kappa shape index (κ1) is 38.1. The minimum Gasteiger partial charge on any atom is -0.398 e. The van der Waals surface area contributed by atoms with Crippen LogP contribution in [0, 0.1) is 0 Å². The fourth-order valence-electron chi connectivity index (χ4n) is 7.70. The maximum Gasteiger partial charge on any atom is 0.0501 e. The number of nitrogen functional groups attached to an aromatic ring is 2. The van der Waals surface area contributed by atoms with Gasteiger partial charge in [0.2, 0.25) is 0 Å². The summed E-state index contributed by atoms with van der Waals surface area (Å²) in [5, 5.41) is 0. The largest absolute Gasteiger partial charge is 0.398 e. The first-order valence-corrected chi connectivity index (χ1v) is 19.4. The second kappa shape index (κ2) is 17.4. The van der Waals surface area contributed by atoms with Gasteiger partial charge in [0, 0.05) is 97.4 Å². The highest BCUT2D eigenvalue weighted by molar-refractivity contribution is 6.12. The molecule has 0 atom stereocenters. The van der Waals surface area contributed by atoms with Gasteiger partial charge >= 0.3 is 0 Å². The van der Waals surface area contributed by atoms with Crippen molar-refractivity contribution in [1.29, 1.82) is 0 Å². The van der Waals surface area contributed by atoms with Crippen molar-refractivity contribution in [2.24, 2.45) is 0 Å². The summed E-state index contributed by atoms with van der Waals surface area (Å²) < 4.78 is 0. The molecule has 0 spiro atoms. The Labute approximate surface area is 313 Å². The zero-order valence-corrected chi connectivity index (χ0v) is 32.8. The number of anilines is 6. The molecule has 5 rings (SSSR count). The summed E-state index contributed by atoms with van der Waals surface area (Å²) in [6, 6.07) is 35.5. The monoisotopic (exact) mass is 696 g/mol. The fourth-order valence-corrected chi connectivity index (χ4v) is 7.70. The number of benzene rings is 5. The molecule has 52 heavy (non-hydrogen) atoms. The molecule has 0 aliphatic heterocycles. The third kappa shape index (κ3) is 7.57. The van der Waals surface area contributed by atoms with Crippen molar-refractivity contribution in [3.05, 3.63) is 97.1 Å². The molecule has 0 amide bonds. The Morgan fingerprint density at radius 2 is 0.481 bits per heavy atom. The first-order valence-electron chi connectivity index (χ1n) is 19.4. The van der Waals surface area contributed by atoms with E-state index >= 15 is 0 Å². The van der Waals surface area contributed by atoms with Gasteiger partial charge in [0.1, 0.15) is 0 Å². The number of nitrogens with two attached hydrogens (primary N) is 2. The van der Waals surface area contributed by atoms with Crippen LogP contribution in [-0.2, 0) is 0 Å². The Balaban J connectivity index is 1.86. The molecule has 0 aliphatic carbocycles. The van der Waals surface area contributed by atoms with Gasteiger partial charge in [-0.25, -0.2) is 0 Å². The van der Waals surface area contributed by atoms with Crippen molar-refractivity contribution < 1.29 is 0 Å². The molecule has 6 nitrogen and oxygen atoms in total. The van der Waals surface area contributed by atoms with Crippen LogP contribution in [0.15, 0.2) is 97.1 Å². The van der Waals surface area contributed by atoms with E-state index in [2.05, 4.69) is 172 Å². The number of hydrogen-bond donors (Lipinski definition) is 2. The highest BCUT2D eigenvalue weighted by Gasteiger charge is 2.26. The van der Waals surface area contributed by atoms with E-state index in [0.29, 0.717) is 11.4 Å². The molecule has 5 aromatic rings. The molecule has 4 N–H and O–H groups in total. The van der Waals surface area contributed by atoms with Crippen LogP contribution in [0.5, 0.6) is 0 Å². The van der Waals surface area contributed by atoms with E-state index in [1.165, 1.54) is 22.7 Å². The van der Waals surface area contributed by atoms with Crippen LogP contribution in [0.25, 0.3) is 44.5 Å². The predicted molar refractivity (Wildman–Crippen MR) is 231 cm³/mol. The number of hydrogen-bond acceptors (Lipinski definition) is 6. The zero-order valence-electron chi connectivity index (χ0n) is 32.8. The van der Waals surface area contributed by atoms with Crippen molar-refractivity contribution in [3.8, 4) is 44.5 Å². The Morgan fingerprint density at radius 1 is 0.288 bits per heavy atom. The lowest BCUT2D eigenvalue weighted by molar-refractivity contribution is 0.866. The van der Waals surface area contributed by atoms with Crippen LogP contribution in [-0.4, -0.2) is 52.4 Å². The van der Waals surface area contributed by atoms with Gasteiger partial charge in [-0.05, 0) is 126 Å². The molecule has 0 bridgehead atoms. The van der Waals surface area contributed by atoms with Crippen LogP contribution in [0.2, 0.25) is 0 Å². The van der Waals surface area contributed by atoms with Crippen LogP contribution in [0.4, 0.5) is 34.1 Å². The third-order valence-corrected chi connectivity index (χ3v) is 10.7. The highest BCUT2D eigenvalue weighted by atomic mass is 15.1. The summed E-state index contributed by atoms with van der Waals surface area (Å²) in [5.74, 6) is 0. The molecular formula is C46H60N6. The smallest absolute Gasteiger partial charge is 0.0501 e. The van der Waals surface area contributed by atoms with E-state index in [0.717, 1.165) is 96.9 Å². The second-order valence-electron chi connectivity index (χ2n) is 13.2. The van der Waals surface area contributed by atoms with Crippen molar-refractivity contribution in [2.45, 2.75) is 55.4 Å². The van der Waals surface area contributed by atoms with Crippen LogP contribution in [0.1, 0.15) is 55.4 Å². The molecule has 5 aromatic carbocycles. The Kier molecular flexibility index (Phi) is 12.8. The van der Waals surface area contributed by atoms with Crippen LogP contribution < -0.4 is 31.1 Å². The molecule has 0 unspecified atom stereocenters. The van der Waals surface area contributed by atoms with E-state index in [-0.39, 0.29) is 0 Å². The van der Waals surface area contributed by atoms with Gasteiger partial charge in [-0.15, -0.1) is 0 Å². The molecule has 0 fully saturated rings. The summed E-state index contributed by atoms with van der Waals surface area (Å²) >= 11 is 0. The molecule has 0 aliphatic rings. The van der Waals surface area contributed by atoms with Crippen molar-refractivity contribution in [3.63, 3.8) is 0 Å². The fraction of sp³-hybridized carbons (Fsp3) is 0.348. The van der Waals surface area contributed by atoms with Gasteiger partial charge in [0.15, 0.2) is 0 Å². The quantitative estimate of drug-likeness (QED) is 0.100. The van der Waals surface area contributed by atoms with Gasteiger partial charge in [-0.2, -0.15) is 0 Å². The third-order valence-electron chi connectivity index (χ3n) is 10.7. The zero-order chi connectivity index (χ0) is 37.4. The van der Waals surface area contributed by atoms with Crippen LogP contribution in [0.3, 0.4) is 0 Å². The Bertz CT molecular complexity index is 1780. The summed E-state index contributed by atoms with van der Waals surface area (Å²) in [6.45, 7) is 25.2. The molecule has 6 heteroatoms. The molecule has 0 saturated carbocycles. The molecule has 0 heterocycles. The van der Waals surface area contributed by atoms with Gasteiger partial charge in [0.25, 0.3) is 0 Å². The molecule has 0 radical (unpaired) electrons. The highest BCUT2D eigenvalue weighted by Crippen LogP contribution is 2.52. The Hall–Kier alpha value is -5.10. The van der Waals surface area contributed by atoms with Gasteiger partial charge in [0.05, 0.1) is 11.4 Å². The molecular weight excluding hydrogens is 637 g/mol. The minimum atomic E-state index is 0.690. The van der Waals surface area contributed by atoms with E-state index in [9.17, 15) is 0 Å². The number of nitrogens with zero attached hydrogens (tertiary/aromatic N) is 4. The lowest BCUT2D eigenvalue weighted by Gasteiger charge is -2.27. The molecule has 0 saturated heterocycles. The van der Waals surface area contributed by atoms with Crippen molar-refractivity contribution in [1.82, 2.24) is 0 Å². The van der Waals surface area contributed by atoms with E-state index in [1.807, 2.05) is 0 Å². The SMILES string of the molecule is CCN(CC)c1ccc(-c2c(N)c(-c3ccc(N(CC)CC)cc3)c(-c3ccc(N(CC)CC)cc3)c(-c3ccc(N(CC)CC)cc3)c2N)cc1. The van der Waals surface area contributed by atoms with Crippen LogP contribution >= 0.6 is 0 Å². The first-order chi connectivity index (χ1) is 25.3. The van der Waals surface area contributed by atoms with E-state index in [4.69, 9.17) is 11.5 Å². The van der Waals surface area contributed by atoms with Gasteiger partial charge in [-0.1, -0.05) is 48.5 Å². The lowest BCUT2D eigenvalue weighted by Crippen LogP contribution is -2.21. The van der Waals surface area contributed by atoms with Crippen molar-refractivity contribution >= 4 is 34.1 Å². The summed E-state index contributed by atoms with van der Waals surface area (Å²) in [4.78, 5) is 9.47. The maximum absolute atomic E-state index is 7.44. The molecule has 274 valence electrons. The Morgan fingerprint density at radius 3 is 0.692 bits per heavy atom. The summed E-state index contributed by atoms with van der Waals surface area (Å²) in [7, 11) is 0. The average Bonchev–Trinajstić information content (AvgIpc) is 3.18. The summed E-state index contributed by atoms with van der Waals surface area (Å²) in [6.07, 6.45) is 0. The van der Waals surface area contributed by atoms with E-state index < -0.39 is 0 Å². The normalized spacial score (nSPS) is 11.1. The topological polar surface area (TPSA) is 65.0 Å². The van der Waals surface area contributed by atoms with Gasteiger partial charge < -0.3 is 31.1 Å². The lowest BCUT2D eigenvalue weighted by atomic mass is 9.81. The minimum absolute atomic E-state index is 0.690. The average molecular weight is 697 g/mol. The van der Waals surface area contributed by atoms with E-state index in [1.54, 1.807) is 0 Å². The van der Waals surface area contributed by atoms with Gasteiger partial charge in [-0.3, -0.25) is 0 Å². The second-order valence-corrected chi connectivity index (χ2v) is 13.2. The number of rotatable bonds is 16. The molecule has 0 aromatic heterocycles.